The van der Waals surface area contributed by atoms with E-state index in [0.29, 0.717) is 0 Å². The fraction of sp³-hybridized carbons (Fsp3) is 0.250. The lowest BCUT2D eigenvalue weighted by atomic mass is 9.92. The second-order valence-corrected chi connectivity index (χ2v) is 7.00. The van der Waals surface area contributed by atoms with Crippen molar-refractivity contribution in [2.75, 3.05) is 20.6 Å². The minimum atomic E-state index is 0. The van der Waals surface area contributed by atoms with Crippen LogP contribution in [0.4, 0.5) is 0 Å². The van der Waals surface area contributed by atoms with Crippen LogP contribution in [0.15, 0.2) is 53.4 Å². The van der Waals surface area contributed by atoms with Crippen LogP contribution in [-0.2, 0) is 5.75 Å². The minimum Gasteiger partial charge on any atom is -0.309 e. The van der Waals surface area contributed by atoms with Crippen molar-refractivity contribution in [3.63, 3.8) is 0 Å². The Labute approximate surface area is 159 Å². The first kappa shape index (κ1) is 18.8. The average Bonchev–Trinajstić information content (AvgIpc) is 2.71. The Hall–Kier alpha value is -1.54. The second kappa shape index (κ2) is 8.53. The molecule has 0 atom stereocenters. The molecule has 124 valence electrons. The van der Waals surface area contributed by atoms with E-state index < -0.39 is 0 Å². The van der Waals surface area contributed by atoms with Crippen molar-refractivity contribution >= 4 is 34.3 Å². The Kier molecular flexibility index (Phi) is 6.68. The number of hydrogen-bond donors (Lipinski definition) is 0. The first-order valence-corrected chi connectivity index (χ1v) is 8.78. The molecule has 1 aliphatic heterocycles. The van der Waals surface area contributed by atoms with Gasteiger partial charge in [-0.1, -0.05) is 30.3 Å². The summed E-state index contributed by atoms with van der Waals surface area (Å²) in [7, 11) is 4.19. The van der Waals surface area contributed by atoms with Crippen molar-refractivity contribution in [1.29, 1.82) is 5.26 Å². The molecule has 3 rings (SSSR count). The number of nitriles is 1. The third-order valence-corrected chi connectivity index (χ3v) is 5.14. The molecule has 0 aromatic heterocycles. The molecule has 0 N–H and O–H groups in total. The highest BCUT2D eigenvalue weighted by molar-refractivity contribution is 8.93. The maximum absolute atomic E-state index is 9.26. The highest BCUT2D eigenvalue weighted by Crippen LogP contribution is 2.40. The predicted octanol–water partition coefficient (Wildman–Crippen LogP) is 5.13. The predicted molar refractivity (Wildman–Crippen MR) is 108 cm³/mol. The Morgan fingerprint density at radius 2 is 1.96 bits per heavy atom. The molecule has 0 unspecified atom stereocenters. The van der Waals surface area contributed by atoms with E-state index in [0.717, 1.165) is 24.3 Å². The SMILES string of the molecule is Br.CN(C)CC/C=C1\c2cc(C#N)ccc2CSc2ccccc21. The van der Waals surface area contributed by atoms with Crippen LogP contribution in [0.2, 0.25) is 0 Å². The number of fused-ring (bicyclic) bond motifs is 2. The molecule has 0 amide bonds. The average molecular weight is 401 g/mol. The van der Waals surface area contributed by atoms with E-state index in [9.17, 15) is 5.26 Å². The lowest BCUT2D eigenvalue weighted by Gasteiger charge is -2.13. The topological polar surface area (TPSA) is 27.0 Å². The molecule has 1 aliphatic rings. The summed E-state index contributed by atoms with van der Waals surface area (Å²) in [6.07, 6.45) is 3.32. The first-order chi connectivity index (χ1) is 11.2. The quantitative estimate of drug-likeness (QED) is 0.714. The molecule has 0 spiro atoms. The monoisotopic (exact) mass is 400 g/mol. The van der Waals surface area contributed by atoms with Crippen molar-refractivity contribution in [2.24, 2.45) is 0 Å². The molecule has 0 radical (unpaired) electrons. The van der Waals surface area contributed by atoms with E-state index in [4.69, 9.17) is 0 Å². The van der Waals surface area contributed by atoms with Crippen LogP contribution in [0.1, 0.15) is 28.7 Å². The first-order valence-electron chi connectivity index (χ1n) is 7.79. The molecule has 1 heterocycles. The number of thioether (sulfide) groups is 1. The maximum atomic E-state index is 9.26. The molecule has 2 nitrogen and oxygen atoms in total. The Morgan fingerprint density at radius 1 is 1.17 bits per heavy atom. The van der Waals surface area contributed by atoms with Gasteiger partial charge in [-0.25, -0.2) is 0 Å². The van der Waals surface area contributed by atoms with Crippen LogP contribution < -0.4 is 0 Å². The molecular weight excluding hydrogens is 380 g/mol. The Bertz CT molecular complexity index is 790. The van der Waals surface area contributed by atoms with Crippen molar-refractivity contribution in [2.45, 2.75) is 17.1 Å². The fourth-order valence-corrected chi connectivity index (χ4v) is 3.90. The largest absolute Gasteiger partial charge is 0.309 e. The zero-order chi connectivity index (χ0) is 16.2. The van der Waals surface area contributed by atoms with Crippen molar-refractivity contribution in [3.05, 3.63) is 70.8 Å². The summed E-state index contributed by atoms with van der Waals surface area (Å²) in [6.45, 7) is 1.02. The minimum absolute atomic E-state index is 0. The van der Waals surface area contributed by atoms with Crippen LogP contribution >= 0.6 is 28.7 Å². The highest BCUT2D eigenvalue weighted by atomic mass is 79.9. The van der Waals surface area contributed by atoms with Gasteiger partial charge < -0.3 is 4.90 Å². The van der Waals surface area contributed by atoms with E-state index in [1.54, 1.807) is 0 Å². The third-order valence-electron chi connectivity index (χ3n) is 4.01. The summed E-state index contributed by atoms with van der Waals surface area (Å²) < 4.78 is 0. The lowest BCUT2D eigenvalue weighted by molar-refractivity contribution is 0.417. The molecule has 24 heavy (non-hydrogen) atoms. The number of rotatable bonds is 3. The maximum Gasteiger partial charge on any atom is 0.0991 e. The van der Waals surface area contributed by atoms with Crippen LogP contribution in [0.3, 0.4) is 0 Å². The van der Waals surface area contributed by atoms with Gasteiger partial charge in [0.2, 0.25) is 0 Å². The normalized spacial score (nSPS) is 14.3. The molecule has 0 aliphatic carbocycles. The second-order valence-electron chi connectivity index (χ2n) is 5.98. The van der Waals surface area contributed by atoms with E-state index >= 15 is 0 Å². The van der Waals surface area contributed by atoms with Gasteiger partial charge in [-0.05, 0) is 61.0 Å². The smallest absolute Gasteiger partial charge is 0.0991 e. The summed E-state index contributed by atoms with van der Waals surface area (Å²) in [5.74, 6) is 0.947. The van der Waals surface area contributed by atoms with Crippen LogP contribution in [0.5, 0.6) is 0 Å². The van der Waals surface area contributed by atoms with Gasteiger partial charge in [0.15, 0.2) is 0 Å². The van der Waals surface area contributed by atoms with Gasteiger partial charge >= 0.3 is 0 Å². The molecule has 4 heteroatoms. The zero-order valence-electron chi connectivity index (χ0n) is 14.0. The summed E-state index contributed by atoms with van der Waals surface area (Å²) in [4.78, 5) is 3.51. The number of hydrogen-bond acceptors (Lipinski definition) is 3. The summed E-state index contributed by atoms with van der Waals surface area (Å²) >= 11 is 1.88. The van der Waals surface area contributed by atoms with E-state index in [1.165, 1.54) is 27.2 Å². The Morgan fingerprint density at radius 3 is 2.71 bits per heavy atom. The lowest BCUT2D eigenvalue weighted by Crippen LogP contribution is -2.12. The number of nitrogens with zero attached hydrogens (tertiary/aromatic N) is 2. The van der Waals surface area contributed by atoms with E-state index in [1.807, 2.05) is 23.9 Å². The molecule has 0 bridgehead atoms. The molecule has 0 fully saturated rings. The highest BCUT2D eigenvalue weighted by Gasteiger charge is 2.18. The van der Waals surface area contributed by atoms with Gasteiger partial charge in [-0.15, -0.1) is 28.7 Å². The Balaban J connectivity index is 0.00000208. The van der Waals surface area contributed by atoms with Crippen LogP contribution in [-0.4, -0.2) is 25.5 Å². The standard InChI is InChI=1S/C20H20N2S.BrH/c1-22(2)11-5-7-17-18-6-3-4-8-20(18)23-14-16-10-9-15(13-21)12-19(16)17;/h3-4,6-10,12H,5,11,14H2,1-2H3;1H/b17-7-;. The molecular formula is C20H21BrN2S. The van der Waals surface area contributed by atoms with Gasteiger partial charge in [0.25, 0.3) is 0 Å². The van der Waals surface area contributed by atoms with Crippen LogP contribution in [0, 0.1) is 11.3 Å². The van der Waals surface area contributed by atoms with Crippen molar-refractivity contribution in [1.82, 2.24) is 4.90 Å². The van der Waals surface area contributed by atoms with Gasteiger partial charge in [0.05, 0.1) is 11.6 Å². The van der Waals surface area contributed by atoms with Crippen LogP contribution in [0.25, 0.3) is 5.57 Å². The van der Waals surface area contributed by atoms with E-state index in [-0.39, 0.29) is 17.0 Å². The van der Waals surface area contributed by atoms with E-state index in [2.05, 4.69) is 61.5 Å². The summed E-state index contributed by atoms with van der Waals surface area (Å²) in [5, 5.41) is 9.26. The van der Waals surface area contributed by atoms with Gasteiger partial charge in [-0.3, -0.25) is 0 Å². The summed E-state index contributed by atoms with van der Waals surface area (Å²) in [5.41, 5.74) is 5.79. The molecule has 2 aromatic rings. The summed E-state index contributed by atoms with van der Waals surface area (Å²) in [6, 6.07) is 16.9. The number of halogens is 1. The van der Waals surface area contributed by atoms with Gasteiger partial charge in [0.1, 0.15) is 0 Å². The molecule has 0 saturated heterocycles. The van der Waals surface area contributed by atoms with Crippen molar-refractivity contribution < 1.29 is 0 Å². The zero-order valence-corrected chi connectivity index (χ0v) is 16.5. The van der Waals surface area contributed by atoms with Gasteiger partial charge in [0, 0.05) is 17.2 Å². The molecule has 0 saturated carbocycles. The van der Waals surface area contributed by atoms with Crippen molar-refractivity contribution in [3.8, 4) is 6.07 Å². The number of benzene rings is 2. The molecule has 2 aromatic carbocycles. The van der Waals surface area contributed by atoms with Gasteiger partial charge in [-0.2, -0.15) is 5.26 Å². The fourth-order valence-electron chi connectivity index (χ4n) is 2.83. The third kappa shape index (κ3) is 4.10.